The quantitative estimate of drug-likeness (QED) is 0.162. The first kappa shape index (κ1) is 34.7. The van der Waals surface area contributed by atoms with E-state index in [0.717, 1.165) is 57.2 Å². The zero-order valence-electron chi connectivity index (χ0n) is 23.2. The number of halogens is 2. The van der Waals surface area contributed by atoms with Crippen LogP contribution in [0.4, 0.5) is 0 Å². The predicted molar refractivity (Wildman–Crippen MR) is 143 cm³/mol. The van der Waals surface area contributed by atoms with Gasteiger partial charge in [0.2, 0.25) is 11.6 Å². The van der Waals surface area contributed by atoms with E-state index in [1.165, 1.54) is 25.7 Å². The van der Waals surface area contributed by atoms with Gasteiger partial charge >= 0.3 is 0 Å². The van der Waals surface area contributed by atoms with Crippen LogP contribution in [-0.4, -0.2) is 74.9 Å². The van der Waals surface area contributed by atoms with Crippen molar-refractivity contribution in [2.75, 3.05) is 54.4 Å². The third-order valence-electron chi connectivity index (χ3n) is 6.62. The van der Waals surface area contributed by atoms with Gasteiger partial charge < -0.3 is 42.9 Å². The third-order valence-corrected chi connectivity index (χ3v) is 6.62. The van der Waals surface area contributed by atoms with Crippen molar-refractivity contribution in [2.45, 2.75) is 52.4 Å². The van der Waals surface area contributed by atoms with Crippen LogP contribution in [0.1, 0.15) is 73.1 Å². The number of benzene rings is 2. The fourth-order valence-corrected chi connectivity index (χ4v) is 4.40. The summed E-state index contributed by atoms with van der Waals surface area (Å²) in [7, 11) is 8.54. The second-order valence-electron chi connectivity index (χ2n) is 11.1. The van der Waals surface area contributed by atoms with Crippen LogP contribution in [0.5, 0.6) is 0 Å². The summed E-state index contributed by atoms with van der Waals surface area (Å²) >= 11 is 0. The van der Waals surface area contributed by atoms with Crippen LogP contribution in [0.2, 0.25) is 0 Å². The molecule has 0 heterocycles. The number of Topliss-reactive ketones (excluding diaryl/α,β-unsaturated/α-hetero) is 2. The fraction of sp³-hybridized carbons (Fsp3) is 0.533. The first-order valence-corrected chi connectivity index (χ1v) is 13.0. The molecular weight excluding hydrogens is 580 g/mol. The molecule has 36 heavy (non-hydrogen) atoms. The van der Waals surface area contributed by atoms with Gasteiger partial charge in [0.05, 0.1) is 41.3 Å². The average Bonchev–Trinajstić information content (AvgIpc) is 2.79. The summed E-state index contributed by atoms with van der Waals surface area (Å²) < 4.78 is 1.45. The van der Waals surface area contributed by atoms with Gasteiger partial charge in [-0.1, -0.05) is 75.2 Å². The summed E-state index contributed by atoms with van der Waals surface area (Å²) in [5.41, 5.74) is 3.64. The molecule has 0 aliphatic carbocycles. The van der Waals surface area contributed by atoms with E-state index in [1.807, 2.05) is 48.5 Å². The molecule has 0 unspecified atom stereocenters. The lowest BCUT2D eigenvalue weighted by atomic mass is 10.00. The van der Waals surface area contributed by atoms with Crippen molar-refractivity contribution in [1.82, 2.24) is 0 Å². The molecule has 4 nitrogen and oxygen atoms in total. The lowest BCUT2D eigenvalue weighted by Gasteiger charge is -2.29. The maximum absolute atomic E-state index is 12.8. The highest BCUT2D eigenvalue weighted by molar-refractivity contribution is 5.98. The van der Waals surface area contributed by atoms with Crippen LogP contribution >= 0.6 is 0 Å². The lowest BCUT2D eigenvalue weighted by molar-refractivity contribution is -0.882. The molecule has 0 aliphatic heterocycles. The molecule has 0 saturated carbocycles. The Morgan fingerprint density at radius 2 is 0.861 bits per heavy atom. The number of rotatable bonds is 15. The lowest BCUT2D eigenvalue weighted by Crippen LogP contribution is -3.00. The normalized spacial score (nSPS) is 11.4. The Morgan fingerprint density at radius 3 is 1.14 bits per heavy atom. The minimum atomic E-state index is 0. The Morgan fingerprint density at radius 1 is 0.556 bits per heavy atom. The Kier molecular flexibility index (Phi) is 15.9. The second-order valence-corrected chi connectivity index (χ2v) is 11.1. The number of ketones is 2. The molecule has 0 aromatic heterocycles. The number of hydrogen-bond acceptors (Lipinski definition) is 2. The van der Waals surface area contributed by atoms with Crippen molar-refractivity contribution in [3.8, 4) is 11.1 Å². The van der Waals surface area contributed by atoms with Crippen LogP contribution in [0.15, 0.2) is 48.5 Å². The average molecular weight is 627 g/mol. The van der Waals surface area contributed by atoms with Crippen molar-refractivity contribution < 1.29 is 52.5 Å². The van der Waals surface area contributed by atoms with Gasteiger partial charge in [-0.25, -0.2) is 0 Å². The Bertz CT molecular complexity index is 845. The van der Waals surface area contributed by atoms with E-state index in [-0.39, 0.29) is 45.5 Å². The molecule has 0 saturated heterocycles. The first-order chi connectivity index (χ1) is 16.1. The van der Waals surface area contributed by atoms with Gasteiger partial charge in [0.15, 0.2) is 0 Å². The van der Waals surface area contributed by atoms with Crippen LogP contribution in [0, 0.1) is 0 Å². The van der Waals surface area contributed by atoms with Crippen LogP contribution < -0.4 is 34.0 Å². The molecule has 6 heteroatoms. The summed E-state index contributed by atoms with van der Waals surface area (Å²) in [5.74, 6) is 0.377. The topological polar surface area (TPSA) is 34.1 Å². The van der Waals surface area contributed by atoms with Crippen LogP contribution in [0.3, 0.4) is 0 Å². The van der Waals surface area contributed by atoms with E-state index in [0.29, 0.717) is 13.1 Å². The van der Waals surface area contributed by atoms with Crippen molar-refractivity contribution in [3.05, 3.63) is 59.7 Å². The van der Waals surface area contributed by atoms with Crippen molar-refractivity contribution in [2.24, 2.45) is 0 Å². The molecule has 2 rings (SSSR count). The maximum atomic E-state index is 12.8. The second kappa shape index (κ2) is 16.5. The summed E-state index contributed by atoms with van der Waals surface area (Å²) in [6, 6.07) is 15.8. The maximum Gasteiger partial charge on any atom is 0.216 e. The number of unbranched alkanes of at least 4 members (excludes halogenated alkanes) is 4. The number of likely N-dealkylation sites (N-methyl/N-ethyl adjacent to an activating group) is 2. The molecule has 0 fully saturated rings. The molecule has 0 aliphatic rings. The molecule has 0 radical (unpaired) electrons. The van der Waals surface area contributed by atoms with E-state index in [1.54, 1.807) is 0 Å². The summed E-state index contributed by atoms with van der Waals surface area (Å²) in [5, 5.41) is 0. The van der Waals surface area contributed by atoms with Crippen LogP contribution in [0.25, 0.3) is 11.1 Å². The summed E-state index contributed by atoms with van der Waals surface area (Å²) in [6.07, 6.45) is 7.13. The molecule has 0 amide bonds. The highest BCUT2D eigenvalue weighted by atomic mass is 79.9. The van der Waals surface area contributed by atoms with Gasteiger partial charge in [-0.15, -0.1) is 0 Å². The third kappa shape index (κ3) is 11.8. The molecule has 2 aromatic rings. The van der Waals surface area contributed by atoms with Gasteiger partial charge in [-0.05, 0) is 36.8 Å². The number of hydrogen-bond donors (Lipinski definition) is 0. The number of quaternary nitrogens is 2. The summed E-state index contributed by atoms with van der Waals surface area (Å²) in [6.45, 7) is 7.50. The van der Waals surface area contributed by atoms with Crippen molar-refractivity contribution >= 4 is 11.6 Å². The van der Waals surface area contributed by atoms with E-state index >= 15 is 0 Å². The minimum Gasteiger partial charge on any atom is -1.00 e. The Balaban J connectivity index is 0.00000612. The van der Waals surface area contributed by atoms with Crippen molar-refractivity contribution in [1.29, 1.82) is 0 Å². The van der Waals surface area contributed by atoms with E-state index in [9.17, 15) is 9.59 Å². The zero-order chi connectivity index (χ0) is 25.2. The molecule has 0 atom stereocenters. The SMILES string of the molecule is CCCCC[N+](C)(C)CC(=O)c1ccc(-c2ccc(C(=O)C[N+](C)(C)CCCCC)cc2)cc1.[Br-].[Br-]. The monoisotopic (exact) mass is 624 g/mol. The van der Waals surface area contributed by atoms with E-state index < -0.39 is 0 Å². The Labute approximate surface area is 240 Å². The van der Waals surface area contributed by atoms with Crippen LogP contribution in [-0.2, 0) is 0 Å². The fourth-order valence-electron chi connectivity index (χ4n) is 4.40. The zero-order valence-corrected chi connectivity index (χ0v) is 26.3. The van der Waals surface area contributed by atoms with E-state index in [2.05, 4.69) is 42.0 Å². The van der Waals surface area contributed by atoms with Crippen molar-refractivity contribution in [3.63, 3.8) is 0 Å². The van der Waals surface area contributed by atoms with Gasteiger partial charge in [-0.2, -0.15) is 0 Å². The highest BCUT2D eigenvalue weighted by Crippen LogP contribution is 2.21. The van der Waals surface area contributed by atoms with Gasteiger partial charge in [0, 0.05) is 11.1 Å². The summed E-state index contributed by atoms with van der Waals surface area (Å²) in [4.78, 5) is 25.6. The molecule has 0 bridgehead atoms. The van der Waals surface area contributed by atoms with Gasteiger partial charge in [-0.3, -0.25) is 9.59 Å². The molecule has 0 N–H and O–H groups in total. The van der Waals surface area contributed by atoms with Gasteiger partial charge in [0.25, 0.3) is 0 Å². The molecular formula is C30H46Br2N2O2. The smallest absolute Gasteiger partial charge is 0.216 e. The predicted octanol–water partition coefficient (Wildman–Crippen LogP) is 0.260. The number of carbonyl (C=O) groups is 2. The minimum absolute atomic E-state index is 0. The number of nitrogens with zero attached hydrogens (tertiary/aromatic N) is 2. The molecule has 2 aromatic carbocycles. The molecule has 202 valence electrons. The standard InChI is InChI=1S/C30H46N2O2.2BrH/c1-7-9-11-21-31(3,4)23-29(33)27-17-13-25(14-18-27)26-15-19-28(20-16-26)30(34)24-32(5,6)22-12-10-8-2;;/h13-20H,7-12,21-24H2,1-6H3;2*1H/q+2;;/p-2. The first-order valence-electron chi connectivity index (χ1n) is 13.0. The number of carbonyl (C=O) groups excluding carboxylic acids is 2. The molecule has 0 spiro atoms. The van der Waals surface area contributed by atoms with E-state index in [4.69, 9.17) is 0 Å². The highest BCUT2D eigenvalue weighted by Gasteiger charge is 2.22. The largest absolute Gasteiger partial charge is 1.00 e. The van der Waals surface area contributed by atoms with Gasteiger partial charge in [0.1, 0.15) is 13.1 Å². The Hall–Kier alpha value is -1.34.